The SMILES string of the molecule is Nc1cc2nc(CSC3CCOCC3)[nH]c(=O)c2c(F)c1F. The maximum absolute atomic E-state index is 13.8. The van der Waals surface area contributed by atoms with E-state index in [1.54, 1.807) is 11.8 Å². The molecule has 1 fully saturated rings. The Balaban J connectivity index is 1.88. The number of hydrogen-bond acceptors (Lipinski definition) is 5. The fourth-order valence-electron chi connectivity index (χ4n) is 2.41. The lowest BCUT2D eigenvalue weighted by molar-refractivity contribution is 0.1000. The van der Waals surface area contributed by atoms with Gasteiger partial charge in [0.05, 0.1) is 17.0 Å². The minimum atomic E-state index is -1.26. The van der Waals surface area contributed by atoms with Crippen molar-refractivity contribution in [2.45, 2.75) is 23.8 Å². The molecule has 0 radical (unpaired) electrons. The highest BCUT2D eigenvalue weighted by molar-refractivity contribution is 7.99. The first kappa shape index (κ1) is 15.2. The van der Waals surface area contributed by atoms with Gasteiger partial charge < -0.3 is 15.5 Å². The second-order valence-corrected chi connectivity index (χ2v) is 6.41. The van der Waals surface area contributed by atoms with Gasteiger partial charge in [0.2, 0.25) is 0 Å². The van der Waals surface area contributed by atoms with Crippen LogP contribution in [0.2, 0.25) is 0 Å². The first-order valence-corrected chi connectivity index (χ1v) is 7.97. The summed E-state index contributed by atoms with van der Waals surface area (Å²) < 4.78 is 32.5. The van der Waals surface area contributed by atoms with Gasteiger partial charge in [-0.2, -0.15) is 11.8 Å². The first-order chi connectivity index (χ1) is 10.6. The molecule has 5 nitrogen and oxygen atoms in total. The van der Waals surface area contributed by atoms with E-state index in [-0.39, 0.29) is 11.2 Å². The van der Waals surface area contributed by atoms with Crippen molar-refractivity contribution in [1.29, 1.82) is 0 Å². The molecule has 0 amide bonds. The van der Waals surface area contributed by atoms with Gasteiger partial charge in [-0.15, -0.1) is 0 Å². The lowest BCUT2D eigenvalue weighted by Gasteiger charge is -2.21. The second kappa shape index (κ2) is 6.21. The number of halogens is 2. The van der Waals surface area contributed by atoms with E-state index < -0.39 is 22.6 Å². The van der Waals surface area contributed by atoms with E-state index in [2.05, 4.69) is 9.97 Å². The van der Waals surface area contributed by atoms with E-state index in [0.29, 0.717) is 16.8 Å². The smallest absolute Gasteiger partial charge is 0.261 e. The van der Waals surface area contributed by atoms with Gasteiger partial charge in [0.25, 0.3) is 5.56 Å². The fraction of sp³-hybridized carbons (Fsp3) is 0.429. The minimum Gasteiger partial charge on any atom is -0.396 e. The Kier molecular flexibility index (Phi) is 4.30. The topological polar surface area (TPSA) is 81.0 Å². The Bertz CT molecular complexity index is 760. The van der Waals surface area contributed by atoms with E-state index in [4.69, 9.17) is 10.5 Å². The van der Waals surface area contributed by atoms with Crippen LogP contribution in [-0.2, 0) is 10.5 Å². The van der Waals surface area contributed by atoms with E-state index in [9.17, 15) is 13.6 Å². The van der Waals surface area contributed by atoms with E-state index in [0.717, 1.165) is 26.1 Å². The molecule has 22 heavy (non-hydrogen) atoms. The predicted molar refractivity (Wildman–Crippen MR) is 81.8 cm³/mol. The molecule has 0 unspecified atom stereocenters. The van der Waals surface area contributed by atoms with E-state index in [1.807, 2.05) is 0 Å². The third-order valence-corrected chi connectivity index (χ3v) is 4.96. The quantitative estimate of drug-likeness (QED) is 0.845. The molecule has 1 aromatic carbocycles. The molecule has 1 aliphatic heterocycles. The lowest BCUT2D eigenvalue weighted by atomic mass is 10.2. The molecule has 1 aliphatic rings. The van der Waals surface area contributed by atoms with Crippen LogP contribution in [0.4, 0.5) is 14.5 Å². The summed E-state index contributed by atoms with van der Waals surface area (Å²) in [7, 11) is 0. The molecule has 2 heterocycles. The van der Waals surface area contributed by atoms with Crippen molar-refractivity contribution in [3.8, 4) is 0 Å². The maximum atomic E-state index is 13.8. The number of nitrogens with zero attached hydrogens (tertiary/aromatic N) is 1. The zero-order chi connectivity index (χ0) is 15.7. The number of nitrogens with one attached hydrogen (secondary N) is 1. The van der Waals surface area contributed by atoms with Crippen molar-refractivity contribution in [2.75, 3.05) is 18.9 Å². The number of fused-ring (bicyclic) bond motifs is 1. The first-order valence-electron chi connectivity index (χ1n) is 6.92. The number of nitrogens with two attached hydrogens (primary N) is 1. The third-order valence-electron chi connectivity index (χ3n) is 3.58. The highest BCUT2D eigenvalue weighted by Crippen LogP contribution is 2.26. The molecule has 0 aliphatic carbocycles. The van der Waals surface area contributed by atoms with Gasteiger partial charge in [-0.1, -0.05) is 0 Å². The molecule has 8 heteroatoms. The highest BCUT2D eigenvalue weighted by Gasteiger charge is 2.18. The minimum absolute atomic E-state index is 0.0720. The molecular formula is C14H15F2N3O2S. The molecule has 0 bridgehead atoms. The van der Waals surface area contributed by atoms with Gasteiger partial charge in [0.15, 0.2) is 11.6 Å². The van der Waals surface area contributed by atoms with Crippen LogP contribution in [0.3, 0.4) is 0 Å². The van der Waals surface area contributed by atoms with Crippen LogP contribution in [0.25, 0.3) is 10.9 Å². The van der Waals surface area contributed by atoms with Gasteiger partial charge in [-0.05, 0) is 18.9 Å². The summed E-state index contributed by atoms with van der Waals surface area (Å²) in [5.74, 6) is -1.55. The van der Waals surface area contributed by atoms with Crippen molar-refractivity contribution >= 4 is 28.4 Å². The molecule has 3 N–H and O–H groups in total. The van der Waals surface area contributed by atoms with Crippen molar-refractivity contribution in [2.24, 2.45) is 0 Å². The number of thioether (sulfide) groups is 1. The van der Waals surface area contributed by atoms with Gasteiger partial charge in [0.1, 0.15) is 11.2 Å². The molecular weight excluding hydrogens is 312 g/mol. The average Bonchev–Trinajstić information content (AvgIpc) is 2.51. The monoisotopic (exact) mass is 327 g/mol. The molecule has 3 rings (SSSR count). The summed E-state index contributed by atoms with van der Waals surface area (Å²) in [6.07, 6.45) is 1.91. The molecule has 2 aromatic rings. The Morgan fingerprint density at radius 1 is 1.36 bits per heavy atom. The predicted octanol–water partition coefficient (Wildman–Crippen LogP) is 2.20. The number of rotatable bonds is 3. The van der Waals surface area contributed by atoms with Crippen molar-refractivity contribution in [3.05, 3.63) is 33.9 Å². The van der Waals surface area contributed by atoms with Gasteiger partial charge in [-0.3, -0.25) is 4.79 Å². The number of H-pyrrole nitrogens is 1. The van der Waals surface area contributed by atoms with Crippen molar-refractivity contribution < 1.29 is 13.5 Å². The number of benzene rings is 1. The van der Waals surface area contributed by atoms with Gasteiger partial charge in [-0.25, -0.2) is 13.8 Å². The summed E-state index contributed by atoms with van der Waals surface area (Å²) >= 11 is 1.67. The van der Waals surface area contributed by atoms with Crippen LogP contribution in [-0.4, -0.2) is 28.4 Å². The van der Waals surface area contributed by atoms with Crippen LogP contribution in [0.5, 0.6) is 0 Å². The van der Waals surface area contributed by atoms with Crippen LogP contribution in [0.15, 0.2) is 10.9 Å². The Hall–Kier alpha value is -1.67. The van der Waals surface area contributed by atoms with Gasteiger partial charge >= 0.3 is 0 Å². The van der Waals surface area contributed by atoms with Crippen LogP contribution >= 0.6 is 11.8 Å². The number of aromatic amines is 1. The van der Waals surface area contributed by atoms with E-state index >= 15 is 0 Å². The number of anilines is 1. The van der Waals surface area contributed by atoms with Crippen molar-refractivity contribution in [3.63, 3.8) is 0 Å². The molecule has 0 atom stereocenters. The number of aromatic nitrogens is 2. The molecule has 0 spiro atoms. The molecule has 118 valence electrons. The van der Waals surface area contributed by atoms with Crippen molar-refractivity contribution in [1.82, 2.24) is 9.97 Å². The van der Waals surface area contributed by atoms with Crippen LogP contribution in [0.1, 0.15) is 18.7 Å². The van der Waals surface area contributed by atoms with E-state index in [1.165, 1.54) is 6.07 Å². The summed E-state index contributed by atoms with van der Waals surface area (Å²) in [5.41, 5.74) is 4.42. The lowest BCUT2D eigenvalue weighted by Crippen LogP contribution is -2.19. The number of hydrogen-bond donors (Lipinski definition) is 2. The number of ether oxygens (including phenoxy) is 1. The Labute approximate surface area is 129 Å². The summed E-state index contributed by atoms with van der Waals surface area (Å²) in [6.45, 7) is 1.47. The zero-order valence-corrected chi connectivity index (χ0v) is 12.5. The standard InChI is InChI=1S/C14H15F2N3O2S/c15-12-8(17)5-9-11(13(12)16)14(20)19-10(18-9)6-22-7-1-3-21-4-2-7/h5,7H,1-4,6,17H2,(H,18,19,20). The molecule has 1 saturated heterocycles. The zero-order valence-electron chi connectivity index (χ0n) is 11.7. The maximum Gasteiger partial charge on any atom is 0.261 e. The third kappa shape index (κ3) is 2.93. The highest BCUT2D eigenvalue weighted by atomic mass is 32.2. The average molecular weight is 327 g/mol. The Morgan fingerprint density at radius 2 is 2.09 bits per heavy atom. The normalized spacial score (nSPS) is 16.3. The number of nitrogen functional groups attached to an aromatic ring is 1. The summed E-state index contributed by atoms with van der Waals surface area (Å²) in [5, 5.41) is 0.0521. The fourth-order valence-corrected chi connectivity index (χ4v) is 3.47. The second-order valence-electron chi connectivity index (χ2n) is 5.12. The van der Waals surface area contributed by atoms with Gasteiger partial charge in [0, 0.05) is 18.5 Å². The Morgan fingerprint density at radius 3 is 2.82 bits per heavy atom. The van der Waals surface area contributed by atoms with Crippen LogP contribution < -0.4 is 11.3 Å². The summed E-state index contributed by atoms with van der Waals surface area (Å²) in [4.78, 5) is 18.7. The summed E-state index contributed by atoms with van der Waals surface area (Å²) in [6, 6.07) is 1.19. The molecule has 0 saturated carbocycles. The van der Waals surface area contributed by atoms with Crippen LogP contribution in [0, 0.1) is 11.6 Å². The largest absolute Gasteiger partial charge is 0.396 e. The molecule has 1 aromatic heterocycles.